The summed E-state index contributed by atoms with van der Waals surface area (Å²) in [5.74, 6) is -1.81. The van der Waals surface area contributed by atoms with Gasteiger partial charge in [0, 0.05) is 49.3 Å². The van der Waals surface area contributed by atoms with Crippen molar-refractivity contribution in [3.8, 4) is 0 Å². The summed E-state index contributed by atoms with van der Waals surface area (Å²) in [7, 11) is 0. The molecule has 204 valence electrons. The van der Waals surface area contributed by atoms with E-state index in [9.17, 15) is 18.4 Å². The van der Waals surface area contributed by atoms with Crippen LogP contribution in [0.5, 0.6) is 0 Å². The first-order chi connectivity index (χ1) is 18.9. The standard InChI is InChI=1S/C31H34F2N4O2/c32-25-13-11-24(28(33)19-25)12-14-30(38)35-20-26-16-18-37(31(39)29(36-26)15-17-34)21-27(22-7-3-1-4-8-22)23-9-5-2-6-10-23/h1-14,19,26-27,29,36H,15-18,20-21,34H2,(H,35,38)/t26-,29-/m0/s1. The first-order valence-electron chi connectivity index (χ1n) is 13.2. The highest BCUT2D eigenvalue weighted by Crippen LogP contribution is 2.27. The Morgan fingerprint density at radius 3 is 2.33 bits per heavy atom. The van der Waals surface area contributed by atoms with Gasteiger partial charge < -0.3 is 21.3 Å². The van der Waals surface area contributed by atoms with Crippen molar-refractivity contribution in [2.24, 2.45) is 5.73 Å². The zero-order chi connectivity index (χ0) is 27.6. The second kappa shape index (κ2) is 13.8. The maximum absolute atomic E-state index is 13.8. The van der Waals surface area contributed by atoms with Crippen molar-refractivity contribution in [3.63, 3.8) is 0 Å². The minimum absolute atomic E-state index is 0.00202. The zero-order valence-corrected chi connectivity index (χ0v) is 21.7. The Labute approximate surface area is 227 Å². The summed E-state index contributed by atoms with van der Waals surface area (Å²) in [5.41, 5.74) is 8.23. The Morgan fingerprint density at radius 1 is 1.05 bits per heavy atom. The second-order valence-corrected chi connectivity index (χ2v) is 9.68. The number of nitrogens with two attached hydrogens (primary N) is 1. The minimum Gasteiger partial charge on any atom is -0.351 e. The Morgan fingerprint density at radius 2 is 1.72 bits per heavy atom. The molecule has 2 atom stereocenters. The molecule has 1 heterocycles. The molecule has 2 amide bonds. The normalized spacial score (nSPS) is 17.9. The monoisotopic (exact) mass is 532 g/mol. The van der Waals surface area contributed by atoms with E-state index in [1.165, 1.54) is 18.2 Å². The Balaban J connectivity index is 1.43. The molecule has 0 saturated carbocycles. The maximum atomic E-state index is 13.8. The molecule has 0 unspecified atom stereocenters. The van der Waals surface area contributed by atoms with Gasteiger partial charge in [0.2, 0.25) is 11.8 Å². The fraction of sp³-hybridized carbons (Fsp3) is 0.290. The minimum atomic E-state index is -0.739. The number of halogens is 2. The van der Waals surface area contributed by atoms with Crippen molar-refractivity contribution < 1.29 is 18.4 Å². The van der Waals surface area contributed by atoms with Crippen molar-refractivity contribution in [1.29, 1.82) is 0 Å². The van der Waals surface area contributed by atoms with E-state index in [2.05, 4.69) is 34.9 Å². The van der Waals surface area contributed by atoms with Crippen LogP contribution in [-0.4, -0.2) is 55.0 Å². The van der Waals surface area contributed by atoms with Crippen molar-refractivity contribution in [2.45, 2.75) is 30.8 Å². The highest BCUT2D eigenvalue weighted by Gasteiger charge is 2.32. The SMILES string of the molecule is NCC[C@@H]1N[C@H](CNC(=O)C=Cc2ccc(F)cc2F)CCN(CC(c2ccccc2)c2ccccc2)C1=O. The van der Waals surface area contributed by atoms with Crippen LogP contribution in [0.15, 0.2) is 84.9 Å². The van der Waals surface area contributed by atoms with E-state index in [0.717, 1.165) is 23.3 Å². The molecule has 3 aromatic carbocycles. The molecular weight excluding hydrogens is 498 g/mol. The molecule has 4 rings (SSSR count). The van der Waals surface area contributed by atoms with E-state index < -0.39 is 23.6 Å². The lowest BCUT2D eigenvalue weighted by Gasteiger charge is -2.29. The molecule has 0 radical (unpaired) electrons. The third kappa shape index (κ3) is 7.81. The maximum Gasteiger partial charge on any atom is 0.244 e. The lowest BCUT2D eigenvalue weighted by atomic mass is 9.90. The van der Waals surface area contributed by atoms with E-state index in [1.54, 1.807) is 0 Å². The van der Waals surface area contributed by atoms with Crippen LogP contribution in [0.4, 0.5) is 8.78 Å². The van der Waals surface area contributed by atoms with Crippen LogP contribution in [0.1, 0.15) is 35.4 Å². The predicted octanol–water partition coefficient (Wildman–Crippen LogP) is 3.83. The zero-order valence-electron chi connectivity index (χ0n) is 21.7. The van der Waals surface area contributed by atoms with E-state index in [-0.39, 0.29) is 30.0 Å². The van der Waals surface area contributed by atoms with Gasteiger partial charge in [-0.05, 0) is 48.7 Å². The van der Waals surface area contributed by atoms with Crippen LogP contribution < -0.4 is 16.4 Å². The Bertz CT molecular complexity index is 1230. The molecule has 1 fully saturated rings. The van der Waals surface area contributed by atoms with E-state index in [4.69, 9.17) is 5.73 Å². The Hall–Kier alpha value is -3.88. The van der Waals surface area contributed by atoms with Gasteiger partial charge in [0.05, 0.1) is 6.04 Å². The van der Waals surface area contributed by atoms with Gasteiger partial charge in [-0.1, -0.05) is 60.7 Å². The fourth-order valence-corrected chi connectivity index (χ4v) is 4.88. The number of nitrogens with zero attached hydrogens (tertiary/aromatic N) is 1. The van der Waals surface area contributed by atoms with Crippen molar-refractivity contribution in [3.05, 3.63) is 113 Å². The highest BCUT2D eigenvalue weighted by molar-refractivity contribution is 5.91. The third-order valence-electron chi connectivity index (χ3n) is 6.96. The lowest BCUT2D eigenvalue weighted by molar-refractivity contribution is -0.133. The number of hydrogen-bond acceptors (Lipinski definition) is 4. The summed E-state index contributed by atoms with van der Waals surface area (Å²) < 4.78 is 26.9. The van der Waals surface area contributed by atoms with Crippen molar-refractivity contribution in [1.82, 2.24) is 15.5 Å². The number of benzene rings is 3. The van der Waals surface area contributed by atoms with Gasteiger partial charge in [-0.15, -0.1) is 0 Å². The molecule has 1 aliphatic heterocycles. The van der Waals surface area contributed by atoms with Crippen molar-refractivity contribution >= 4 is 17.9 Å². The van der Waals surface area contributed by atoms with Gasteiger partial charge >= 0.3 is 0 Å². The number of carbonyl (C=O) groups excluding carboxylic acids is 2. The largest absolute Gasteiger partial charge is 0.351 e. The van der Waals surface area contributed by atoms with E-state index in [0.29, 0.717) is 32.5 Å². The van der Waals surface area contributed by atoms with Crippen LogP contribution in [-0.2, 0) is 9.59 Å². The smallest absolute Gasteiger partial charge is 0.244 e. The van der Waals surface area contributed by atoms with Gasteiger partial charge in [0.15, 0.2) is 0 Å². The number of amides is 2. The molecule has 0 spiro atoms. The van der Waals surface area contributed by atoms with Gasteiger partial charge in [-0.3, -0.25) is 9.59 Å². The Kier molecular flexibility index (Phi) is 9.94. The molecule has 3 aromatic rings. The molecule has 6 nitrogen and oxygen atoms in total. The molecule has 1 aliphatic rings. The molecule has 0 aromatic heterocycles. The van der Waals surface area contributed by atoms with Crippen LogP contribution in [0, 0.1) is 11.6 Å². The van der Waals surface area contributed by atoms with Crippen LogP contribution in [0.2, 0.25) is 0 Å². The first-order valence-corrected chi connectivity index (χ1v) is 13.2. The number of nitrogens with one attached hydrogen (secondary N) is 2. The lowest BCUT2D eigenvalue weighted by Crippen LogP contribution is -2.49. The molecule has 39 heavy (non-hydrogen) atoms. The van der Waals surface area contributed by atoms with Gasteiger partial charge in [-0.25, -0.2) is 8.78 Å². The average Bonchev–Trinajstić information content (AvgIpc) is 3.09. The summed E-state index contributed by atoms with van der Waals surface area (Å²) in [6.07, 6.45) is 3.64. The average molecular weight is 533 g/mol. The summed E-state index contributed by atoms with van der Waals surface area (Å²) in [6, 6.07) is 22.9. The second-order valence-electron chi connectivity index (χ2n) is 9.68. The summed E-state index contributed by atoms with van der Waals surface area (Å²) >= 11 is 0. The molecule has 8 heteroatoms. The molecule has 0 bridgehead atoms. The molecular formula is C31H34F2N4O2. The molecule has 1 saturated heterocycles. The van der Waals surface area contributed by atoms with Crippen LogP contribution in [0.3, 0.4) is 0 Å². The summed E-state index contributed by atoms with van der Waals surface area (Å²) in [6.45, 7) is 1.70. The summed E-state index contributed by atoms with van der Waals surface area (Å²) in [4.78, 5) is 27.9. The topological polar surface area (TPSA) is 87.5 Å². The number of rotatable bonds is 10. The first kappa shape index (κ1) is 28.1. The number of hydrogen-bond donors (Lipinski definition) is 3. The molecule has 0 aliphatic carbocycles. The molecule has 4 N–H and O–H groups in total. The van der Waals surface area contributed by atoms with Crippen LogP contribution >= 0.6 is 0 Å². The van der Waals surface area contributed by atoms with Crippen molar-refractivity contribution in [2.75, 3.05) is 26.2 Å². The fourth-order valence-electron chi connectivity index (χ4n) is 4.88. The third-order valence-corrected chi connectivity index (χ3v) is 6.96. The number of carbonyl (C=O) groups is 2. The quantitative estimate of drug-likeness (QED) is 0.347. The van der Waals surface area contributed by atoms with Gasteiger partial charge in [0.25, 0.3) is 0 Å². The highest BCUT2D eigenvalue weighted by atomic mass is 19.1. The van der Waals surface area contributed by atoms with E-state index in [1.807, 2.05) is 41.3 Å². The van der Waals surface area contributed by atoms with Gasteiger partial charge in [0.1, 0.15) is 11.6 Å². The van der Waals surface area contributed by atoms with Crippen LogP contribution in [0.25, 0.3) is 6.08 Å². The van der Waals surface area contributed by atoms with E-state index >= 15 is 0 Å². The summed E-state index contributed by atoms with van der Waals surface area (Å²) in [5, 5.41) is 6.20. The van der Waals surface area contributed by atoms with Gasteiger partial charge in [-0.2, -0.15) is 0 Å². The predicted molar refractivity (Wildman–Crippen MR) is 149 cm³/mol.